The first-order valence-corrected chi connectivity index (χ1v) is 15.0. The molecule has 0 saturated heterocycles. The van der Waals surface area contributed by atoms with Crippen molar-refractivity contribution in [3.63, 3.8) is 0 Å². The second kappa shape index (κ2) is 15.7. The smallest absolute Gasteiger partial charge is 0.128 e. The van der Waals surface area contributed by atoms with Crippen molar-refractivity contribution in [2.75, 3.05) is 0 Å². The average Bonchev–Trinajstić information content (AvgIpc) is 2.80. The maximum absolute atomic E-state index is 11.2. The Bertz CT molecular complexity index is 1180. The molecule has 1 aliphatic rings. The molecule has 2 aromatic carbocycles. The molecule has 7 heteroatoms. The first-order valence-electron chi connectivity index (χ1n) is 15.0. The summed E-state index contributed by atoms with van der Waals surface area (Å²) in [7, 11) is 0. The SMILES string of the molecule is CC(C)(C)c1cc(C=N[C@@H]2CCCC[C@H]2N=Cc2cc(C(C)(C)C)cc(C(C)(C)C)c2O)c(O)c(C(C)(C)C)c1.O.[Ac].[Co]. The van der Waals surface area contributed by atoms with Gasteiger partial charge in [-0.3, -0.25) is 9.98 Å². The summed E-state index contributed by atoms with van der Waals surface area (Å²) in [5.74, 6) is 0.637. The van der Waals surface area contributed by atoms with Gasteiger partial charge in [0.05, 0.1) is 12.1 Å². The summed E-state index contributed by atoms with van der Waals surface area (Å²) in [4.78, 5) is 10.1. The van der Waals surface area contributed by atoms with Gasteiger partial charge in [-0.05, 0) is 57.8 Å². The number of aliphatic imine (C=N–C) groups is 2. The summed E-state index contributed by atoms with van der Waals surface area (Å²) in [6, 6.07) is 8.53. The molecule has 0 spiro atoms. The number of aromatic hydroxyl groups is 2. The van der Waals surface area contributed by atoms with E-state index in [1.807, 2.05) is 12.4 Å². The molecular weight excluding hydrogens is 794 g/mol. The van der Waals surface area contributed by atoms with Crippen LogP contribution in [0.4, 0.5) is 0 Å². The number of hydrogen-bond donors (Lipinski definition) is 2. The van der Waals surface area contributed by atoms with Crippen LogP contribution in [-0.4, -0.2) is 40.2 Å². The minimum Gasteiger partial charge on any atom is -0.507 e. The second-order valence-electron chi connectivity index (χ2n) is 15.9. The van der Waals surface area contributed by atoms with Crippen LogP contribution >= 0.6 is 0 Å². The molecule has 0 unspecified atom stereocenters. The summed E-state index contributed by atoms with van der Waals surface area (Å²) in [6.45, 7) is 26.0. The Morgan fingerprint density at radius 2 is 0.884 bits per heavy atom. The third-order valence-corrected chi connectivity index (χ3v) is 8.13. The van der Waals surface area contributed by atoms with E-state index in [4.69, 9.17) is 9.98 Å². The van der Waals surface area contributed by atoms with Gasteiger partial charge in [0.1, 0.15) is 11.5 Å². The van der Waals surface area contributed by atoms with Crippen LogP contribution in [0.2, 0.25) is 0 Å². The van der Waals surface area contributed by atoms with Gasteiger partial charge in [-0.25, -0.2) is 0 Å². The zero-order chi connectivity index (χ0) is 30.3. The maximum Gasteiger partial charge on any atom is 0.128 e. The van der Waals surface area contributed by atoms with E-state index in [0.29, 0.717) is 11.5 Å². The van der Waals surface area contributed by atoms with Crippen LogP contribution in [0.1, 0.15) is 142 Å². The molecule has 3 rings (SSSR count). The summed E-state index contributed by atoms with van der Waals surface area (Å²) in [5.41, 5.74) is 5.39. The van der Waals surface area contributed by atoms with E-state index in [9.17, 15) is 10.2 Å². The molecule has 0 aliphatic heterocycles. The second-order valence-corrected chi connectivity index (χ2v) is 15.9. The topological polar surface area (TPSA) is 96.7 Å². The third kappa shape index (κ3) is 11.0. The van der Waals surface area contributed by atoms with Crippen molar-refractivity contribution in [1.29, 1.82) is 0 Å². The molecule has 1 aliphatic carbocycles. The molecule has 0 aromatic heterocycles. The molecule has 0 heterocycles. The molecule has 2 atom stereocenters. The average molecular weight is 851 g/mol. The maximum atomic E-state index is 11.2. The summed E-state index contributed by atoms with van der Waals surface area (Å²) < 4.78 is 0. The first kappa shape index (κ1) is 42.3. The molecule has 0 bridgehead atoms. The van der Waals surface area contributed by atoms with Crippen LogP contribution in [0.25, 0.3) is 0 Å². The van der Waals surface area contributed by atoms with E-state index >= 15 is 0 Å². The monoisotopic (exact) mass is 850 g/mol. The largest absolute Gasteiger partial charge is 0.507 e. The number of rotatable bonds is 4. The fourth-order valence-corrected chi connectivity index (χ4v) is 5.31. The Labute approximate surface area is 307 Å². The number of phenolic OH excluding ortho intramolecular Hbond substituents is 2. The predicted molar refractivity (Wildman–Crippen MR) is 176 cm³/mol. The van der Waals surface area contributed by atoms with Crippen LogP contribution in [0.5, 0.6) is 11.5 Å². The Kier molecular flexibility index (Phi) is 15.5. The van der Waals surface area contributed by atoms with Gasteiger partial charge in [0.15, 0.2) is 0 Å². The van der Waals surface area contributed by atoms with Gasteiger partial charge in [-0.15, -0.1) is 0 Å². The van der Waals surface area contributed by atoms with Crippen molar-refractivity contribution < 1.29 is 76.5 Å². The van der Waals surface area contributed by atoms with Crippen LogP contribution < -0.4 is 0 Å². The van der Waals surface area contributed by atoms with Crippen molar-refractivity contribution in [1.82, 2.24) is 0 Å². The van der Waals surface area contributed by atoms with E-state index in [1.165, 1.54) is 11.1 Å². The normalized spacial score (nSPS) is 18.2. The molecule has 4 N–H and O–H groups in total. The van der Waals surface area contributed by atoms with E-state index < -0.39 is 0 Å². The number of benzene rings is 2. The van der Waals surface area contributed by atoms with Gasteiger partial charge in [0.2, 0.25) is 0 Å². The Balaban J connectivity index is 0.00000588. The van der Waals surface area contributed by atoms with E-state index in [1.54, 1.807) is 0 Å². The molecule has 1 fully saturated rings. The minimum absolute atomic E-state index is 0. The Hall–Kier alpha value is -0.712. The molecule has 43 heavy (non-hydrogen) atoms. The first-order chi connectivity index (χ1) is 18.2. The van der Waals surface area contributed by atoms with Crippen molar-refractivity contribution in [2.24, 2.45) is 9.98 Å². The number of nitrogens with zero attached hydrogens (tertiary/aromatic N) is 2. The molecule has 240 valence electrons. The van der Waals surface area contributed by atoms with Gasteiger partial charge < -0.3 is 15.7 Å². The van der Waals surface area contributed by atoms with Gasteiger partial charge in [-0.1, -0.05) is 108 Å². The quantitative estimate of drug-likeness (QED) is 0.303. The molecule has 0 amide bonds. The third-order valence-electron chi connectivity index (χ3n) is 8.13. The van der Waals surface area contributed by atoms with Crippen LogP contribution in [-0.2, 0) is 38.4 Å². The van der Waals surface area contributed by atoms with Crippen LogP contribution in [0.15, 0.2) is 34.3 Å². The standard InChI is InChI=1S/C36H54N2O2.Ac.Co.H2O/c1-33(2,3)25-17-23(31(39)27(19-25)35(7,8)9)21-37-29-15-13-14-16-30(29)38-22-24-18-26(34(4,5)6)20-28(32(24)40)36(10,11)12;;;/h17-22,29-30,39-40H,13-16H2,1-12H3;;;1H2/t29-,30-;;;/m1.../s1. The van der Waals surface area contributed by atoms with Gasteiger partial charge >= 0.3 is 0 Å². The number of hydrogen-bond acceptors (Lipinski definition) is 4. The van der Waals surface area contributed by atoms with E-state index in [-0.39, 0.29) is 100 Å². The van der Waals surface area contributed by atoms with Gasteiger partial charge in [-0.2, -0.15) is 0 Å². The Morgan fingerprint density at radius 3 is 1.14 bits per heavy atom. The zero-order valence-electron chi connectivity index (χ0n) is 28.6. The van der Waals surface area contributed by atoms with Crippen LogP contribution in [0, 0.1) is 44.1 Å². The molecule has 2 radical (unpaired) electrons. The van der Waals surface area contributed by atoms with E-state index in [0.717, 1.165) is 47.9 Å². The summed E-state index contributed by atoms with van der Waals surface area (Å²) in [5, 5.41) is 22.5. The summed E-state index contributed by atoms with van der Waals surface area (Å²) >= 11 is 0. The molecular formula is C36H56AcCoN2O3. The zero-order valence-corrected chi connectivity index (χ0v) is 34.4. The fraction of sp³-hybridized carbons (Fsp3) is 0.611. The van der Waals surface area contributed by atoms with E-state index in [2.05, 4.69) is 107 Å². The van der Waals surface area contributed by atoms with Gasteiger partial charge in [0, 0.05) is 95.5 Å². The fourth-order valence-electron chi connectivity index (χ4n) is 5.31. The molecule has 5 nitrogen and oxygen atoms in total. The predicted octanol–water partition coefficient (Wildman–Crippen LogP) is 8.31. The van der Waals surface area contributed by atoms with Crippen LogP contribution in [0.3, 0.4) is 0 Å². The molecule has 2 aromatic rings. The van der Waals surface area contributed by atoms with Crippen molar-refractivity contribution >= 4 is 12.4 Å². The van der Waals surface area contributed by atoms with Gasteiger partial charge in [0.25, 0.3) is 0 Å². The Morgan fingerprint density at radius 1 is 0.581 bits per heavy atom. The number of phenols is 2. The minimum atomic E-state index is -0.179. The van der Waals surface area contributed by atoms with Crippen molar-refractivity contribution in [2.45, 2.75) is 143 Å². The van der Waals surface area contributed by atoms with Crippen molar-refractivity contribution in [3.8, 4) is 11.5 Å². The summed E-state index contributed by atoms with van der Waals surface area (Å²) in [6.07, 6.45) is 7.90. The van der Waals surface area contributed by atoms with Crippen molar-refractivity contribution in [3.05, 3.63) is 57.6 Å². The molecule has 1 saturated carbocycles.